The number of likely N-dealkylation sites (tertiary alicyclic amines) is 1. The van der Waals surface area contributed by atoms with Crippen LogP contribution in [0.1, 0.15) is 54.4 Å². The Hall–Kier alpha value is -1.99. The van der Waals surface area contributed by atoms with E-state index < -0.39 is 35.4 Å². The normalized spacial score (nSPS) is 20.5. The van der Waals surface area contributed by atoms with Crippen LogP contribution in [0.2, 0.25) is 0 Å². The first-order valence-corrected chi connectivity index (χ1v) is 8.86. The molecule has 0 aliphatic carbocycles. The van der Waals surface area contributed by atoms with Crippen molar-refractivity contribution >= 4 is 18.2 Å². The van der Waals surface area contributed by atoms with Gasteiger partial charge in [-0.2, -0.15) is 0 Å². The summed E-state index contributed by atoms with van der Waals surface area (Å²) in [5, 5.41) is 2.69. The van der Waals surface area contributed by atoms with Gasteiger partial charge in [0.2, 0.25) is 0 Å². The molecule has 2 amide bonds. The molecule has 0 saturated carbocycles. The lowest BCUT2D eigenvalue weighted by Gasteiger charge is -2.27. The summed E-state index contributed by atoms with van der Waals surface area (Å²) in [6.07, 6.45) is 0.0769. The second kappa shape index (κ2) is 8.60. The average molecular weight is 372 g/mol. The lowest BCUT2D eigenvalue weighted by molar-refractivity contribution is -0.145. The second-order valence-corrected chi connectivity index (χ2v) is 8.49. The number of carbonyl (C=O) groups is 3. The largest absolute Gasteiger partial charge is 0.467 e. The molecule has 0 aromatic heterocycles. The summed E-state index contributed by atoms with van der Waals surface area (Å²) in [7, 11) is 1.30. The number of rotatable bonds is 4. The van der Waals surface area contributed by atoms with Crippen molar-refractivity contribution in [2.45, 2.75) is 71.6 Å². The molecule has 26 heavy (non-hydrogen) atoms. The van der Waals surface area contributed by atoms with E-state index in [4.69, 9.17) is 14.2 Å². The van der Waals surface area contributed by atoms with Gasteiger partial charge >= 0.3 is 18.2 Å². The summed E-state index contributed by atoms with van der Waals surface area (Å²) in [5.74, 6) is -0.403. The summed E-state index contributed by atoms with van der Waals surface area (Å²) in [5.41, 5.74) is -1.20. The molecule has 8 heteroatoms. The van der Waals surface area contributed by atoms with Crippen LogP contribution < -0.4 is 5.32 Å². The first-order valence-electron chi connectivity index (χ1n) is 8.86. The van der Waals surface area contributed by atoms with Gasteiger partial charge in [-0.1, -0.05) is 0 Å². The molecule has 0 spiro atoms. The third-order valence-electron chi connectivity index (χ3n) is 3.71. The van der Waals surface area contributed by atoms with Gasteiger partial charge in [0.25, 0.3) is 0 Å². The van der Waals surface area contributed by atoms with E-state index in [1.807, 2.05) is 0 Å². The molecule has 1 fully saturated rings. The molecule has 1 aliphatic heterocycles. The van der Waals surface area contributed by atoms with E-state index in [2.05, 4.69) is 5.32 Å². The van der Waals surface area contributed by atoms with Crippen molar-refractivity contribution in [2.75, 3.05) is 20.2 Å². The highest BCUT2D eigenvalue weighted by Crippen LogP contribution is 2.28. The molecule has 1 unspecified atom stereocenters. The Labute approximate surface area is 155 Å². The van der Waals surface area contributed by atoms with Crippen molar-refractivity contribution < 1.29 is 28.6 Å². The van der Waals surface area contributed by atoms with E-state index in [-0.39, 0.29) is 5.92 Å². The summed E-state index contributed by atoms with van der Waals surface area (Å²) in [6, 6.07) is -0.665. The van der Waals surface area contributed by atoms with Crippen LogP contribution in [0.5, 0.6) is 0 Å². The highest BCUT2D eigenvalue weighted by Gasteiger charge is 2.41. The Morgan fingerprint density at radius 1 is 1.04 bits per heavy atom. The van der Waals surface area contributed by atoms with Crippen LogP contribution in [-0.2, 0) is 19.0 Å². The predicted molar refractivity (Wildman–Crippen MR) is 95.7 cm³/mol. The van der Waals surface area contributed by atoms with Gasteiger partial charge in [0, 0.05) is 13.1 Å². The van der Waals surface area contributed by atoms with Gasteiger partial charge in [0.1, 0.15) is 17.2 Å². The minimum atomic E-state index is -0.665. The zero-order valence-electron chi connectivity index (χ0n) is 16.9. The molecule has 1 N–H and O–H groups in total. The van der Waals surface area contributed by atoms with Crippen LogP contribution in [-0.4, -0.2) is 60.5 Å². The number of ether oxygens (including phenoxy) is 3. The number of esters is 1. The summed E-state index contributed by atoms with van der Waals surface area (Å²) < 4.78 is 15.4. The zero-order chi connectivity index (χ0) is 20.1. The maximum Gasteiger partial charge on any atom is 0.411 e. The Balaban J connectivity index is 2.60. The molecule has 1 heterocycles. The summed E-state index contributed by atoms with van der Waals surface area (Å²) >= 11 is 0. The van der Waals surface area contributed by atoms with Crippen molar-refractivity contribution in [1.82, 2.24) is 10.2 Å². The van der Waals surface area contributed by atoms with E-state index in [0.717, 1.165) is 0 Å². The summed E-state index contributed by atoms with van der Waals surface area (Å²) in [4.78, 5) is 37.5. The van der Waals surface area contributed by atoms with Crippen LogP contribution in [0.3, 0.4) is 0 Å². The summed E-state index contributed by atoms with van der Waals surface area (Å²) in [6.45, 7) is 11.5. The molecule has 0 radical (unpaired) electrons. The fraction of sp³-hybridized carbons (Fsp3) is 0.833. The SMILES string of the molecule is COC(=O)[C@@H]1CC(CCNC(=O)OC(C)(C)C)CN1C(=O)OC(C)(C)C. The Morgan fingerprint density at radius 2 is 1.62 bits per heavy atom. The molecule has 0 bridgehead atoms. The van der Waals surface area contributed by atoms with Crippen LogP contribution in [0, 0.1) is 5.92 Å². The molecule has 2 atom stereocenters. The molecule has 150 valence electrons. The molecular weight excluding hydrogens is 340 g/mol. The molecule has 1 rings (SSSR count). The maximum absolute atomic E-state index is 12.4. The topological polar surface area (TPSA) is 94.2 Å². The number of hydrogen-bond donors (Lipinski definition) is 1. The Morgan fingerprint density at radius 3 is 2.12 bits per heavy atom. The molecule has 8 nitrogen and oxygen atoms in total. The first-order chi connectivity index (χ1) is 11.8. The van der Waals surface area contributed by atoms with E-state index in [9.17, 15) is 14.4 Å². The Kier molecular flexibility index (Phi) is 7.29. The average Bonchev–Trinajstić information content (AvgIpc) is 2.87. The number of hydrogen-bond acceptors (Lipinski definition) is 6. The third kappa shape index (κ3) is 7.49. The molecule has 0 aromatic rings. The highest BCUT2D eigenvalue weighted by atomic mass is 16.6. The van der Waals surface area contributed by atoms with Crippen LogP contribution >= 0.6 is 0 Å². The lowest BCUT2D eigenvalue weighted by Crippen LogP contribution is -2.43. The van der Waals surface area contributed by atoms with Gasteiger partial charge < -0.3 is 19.5 Å². The fourth-order valence-electron chi connectivity index (χ4n) is 2.71. The predicted octanol–water partition coefficient (Wildman–Crippen LogP) is 2.70. The number of methoxy groups -OCH3 is 1. The van der Waals surface area contributed by atoms with E-state index in [0.29, 0.717) is 25.9 Å². The number of nitrogens with one attached hydrogen (secondary N) is 1. The Bertz CT molecular complexity index is 521. The number of amides is 2. The van der Waals surface area contributed by atoms with Crippen molar-refractivity contribution in [1.29, 1.82) is 0 Å². The molecule has 1 saturated heterocycles. The number of carbonyl (C=O) groups excluding carboxylic acids is 3. The van der Waals surface area contributed by atoms with Crippen LogP contribution in [0.15, 0.2) is 0 Å². The van der Waals surface area contributed by atoms with Gasteiger partial charge in [-0.3, -0.25) is 4.90 Å². The standard InChI is InChI=1S/C18H32N2O6/c1-17(2,3)25-15(22)19-9-8-12-10-13(14(21)24-7)20(11-12)16(23)26-18(4,5)6/h12-13H,8-11H2,1-7H3,(H,19,22)/t12?,13-/m0/s1. The van der Waals surface area contributed by atoms with Crippen LogP contribution in [0.25, 0.3) is 0 Å². The van der Waals surface area contributed by atoms with E-state index >= 15 is 0 Å². The van der Waals surface area contributed by atoms with Gasteiger partial charge in [0.05, 0.1) is 7.11 Å². The number of nitrogens with zero attached hydrogens (tertiary/aromatic N) is 1. The van der Waals surface area contributed by atoms with Gasteiger partial charge in [-0.05, 0) is 60.3 Å². The smallest absolute Gasteiger partial charge is 0.411 e. The van der Waals surface area contributed by atoms with Crippen molar-refractivity contribution in [3.63, 3.8) is 0 Å². The minimum Gasteiger partial charge on any atom is -0.467 e. The van der Waals surface area contributed by atoms with Crippen molar-refractivity contribution in [3.8, 4) is 0 Å². The second-order valence-electron chi connectivity index (χ2n) is 8.49. The van der Waals surface area contributed by atoms with Crippen molar-refractivity contribution in [2.24, 2.45) is 5.92 Å². The maximum atomic E-state index is 12.4. The lowest BCUT2D eigenvalue weighted by atomic mass is 10.0. The molecule has 0 aromatic carbocycles. The highest BCUT2D eigenvalue weighted by molar-refractivity contribution is 5.82. The first kappa shape index (κ1) is 22.1. The molecular formula is C18H32N2O6. The fourth-order valence-corrected chi connectivity index (χ4v) is 2.71. The van der Waals surface area contributed by atoms with Gasteiger partial charge in [-0.25, -0.2) is 14.4 Å². The van der Waals surface area contributed by atoms with E-state index in [1.165, 1.54) is 12.0 Å². The monoisotopic (exact) mass is 372 g/mol. The van der Waals surface area contributed by atoms with E-state index in [1.54, 1.807) is 41.5 Å². The minimum absolute atomic E-state index is 0.0570. The quantitative estimate of drug-likeness (QED) is 0.602. The third-order valence-corrected chi connectivity index (χ3v) is 3.71. The zero-order valence-corrected chi connectivity index (χ0v) is 16.9. The van der Waals surface area contributed by atoms with Gasteiger partial charge in [0.15, 0.2) is 0 Å². The van der Waals surface area contributed by atoms with Gasteiger partial charge in [-0.15, -0.1) is 0 Å². The van der Waals surface area contributed by atoms with Crippen molar-refractivity contribution in [3.05, 3.63) is 0 Å². The van der Waals surface area contributed by atoms with Crippen LogP contribution in [0.4, 0.5) is 9.59 Å². The number of alkyl carbamates (subject to hydrolysis) is 1. The molecule has 1 aliphatic rings.